The van der Waals surface area contributed by atoms with E-state index in [2.05, 4.69) is 25.5 Å². The van der Waals surface area contributed by atoms with Crippen molar-refractivity contribution in [3.63, 3.8) is 0 Å². The fourth-order valence-corrected chi connectivity index (χ4v) is 2.97. The first kappa shape index (κ1) is 15.5. The molecule has 3 heterocycles. The quantitative estimate of drug-likeness (QED) is 0.751. The van der Waals surface area contributed by atoms with Crippen molar-refractivity contribution in [1.29, 1.82) is 0 Å². The second-order valence-corrected chi connectivity index (χ2v) is 6.38. The SMILES string of the molecule is Cc1cccnc1[C@H](NC(=O)c1cc(-c2ccccn2)n[nH]1)C1CC1. The summed E-state index contributed by atoms with van der Waals surface area (Å²) in [6.07, 6.45) is 5.71. The smallest absolute Gasteiger partial charge is 0.269 e. The van der Waals surface area contributed by atoms with E-state index in [4.69, 9.17) is 0 Å². The van der Waals surface area contributed by atoms with Crippen LogP contribution in [0.4, 0.5) is 0 Å². The molecule has 1 amide bonds. The molecule has 1 fully saturated rings. The number of pyridine rings is 2. The summed E-state index contributed by atoms with van der Waals surface area (Å²) in [4.78, 5) is 21.4. The van der Waals surface area contributed by atoms with Crippen molar-refractivity contribution >= 4 is 5.91 Å². The number of H-pyrrole nitrogens is 1. The molecule has 0 saturated heterocycles. The van der Waals surface area contributed by atoms with Crippen molar-refractivity contribution in [2.24, 2.45) is 5.92 Å². The largest absolute Gasteiger partial charge is 0.342 e. The molecule has 0 unspecified atom stereocenters. The van der Waals surface area contributed by atoms with Crippen LogP contribution in [0.3, 0.4) is 0 Å². The number of nitrogens with one attached hydrogen (secondary N) is 2. The second kappa shape index (κ2) is 6.47. The lowest BCUT2D eigenvalue weighted by atomic mass is 10.0. The van der Waals surface area contributed by atoms with Crippen LogP contribution < -0.4 is 5.32 Å². The lowest BCUT2D eigenvalue weighted by Crippen LogP contribution is -2.31. The van der Waals surface area contributed by atoms with Crippen molar-refractivity contribution in [1.82, 2.24) is 25.5 Å². The van der Waals surface area contributed by atoms with E-state index in [1.54, 1.807) is 18.5 Å². The standard InChI is InChI=1S/C19H19N5O/c1-12-5-4-10-21-17(12)18(13-7-8-13)22-19(25)16-11-15(23-24-16)14-6-2-3-9-20-14/h2-6,9-11,13,18H,7-8H2,1H3,(H,22,25)(H,23,24)/t18-/m1/s1. The van der Waals surface area contributed by atoms with Crippen molar-refractivity contribution < 1.29 is 4.79 Å². The summed E-state index contributed by atoms with van der Waals surface area (Å²) in [5.74, 6) is 0.285. The first-order chi connectivity index (χ1) is 12.2. The zero-order valence-electron chi connectivity index (χ0n) is 13.9. The Morgan fingerprint density at radius 1 is 1.16 bits per heavy atom. The zero-order valence-corrected chi connectivity index (χ0v) is 13.9. The number of amides is 1. The molecular weight excluding hydrogens is 314 g/mol. The summed E-state index contributed by atoms with van der Waals surface area (Å²) in [6, 6.07) is 11.2. The van der Waals surface area contributed by atoms with Crippen molar-refractivity contribution in [3.8, 4) is 11.4 Å². The number of carbonyl (C=O) groups excluding carboxylic acids is 1. The topological polar surface area (TPSA) is 83.6 Å². The van der Waals surface area contributed by atoms with Gasteiger partial charge in [0.1, 0.15) is 11.4 Å². The average molecular weight is 333 g/mol. The van der Waals surface area contributed by atoms with Gasteiger partial charge in [-0.1, -0.05) is 12.1 Å². The predicted molar refractivity (Wildman–Crippen MR) is 93.7 cm³/mol. The molecule has 0 aliphatic heterocycles. The molecule has 6 heteroatoms. The molecule has 4 rings (SSSR count). The summed E-state index contributed by atoms with van der Waals surface area (Å²) in [5.41, 5.74) is 3.86. The molecular formula is C19H19N5O. The van der Waals surface area contributed by atoms with E-state index in [0.717, 1.165) is 29.8 Å². The van der Waals surface area contributed by atoms with Crippen molar-refractivity contribution in [3.05, 3.63) is 65.7 Å². The molecule has 2 N–H and O–H groups in total. The minimum absolute atomic E-state index is 0.0599. The molecule has 6 nitrogen and oxygen atoms in total. The number of aromatic nitrogens is 4. The Labute approximate surface area is 145 Å². The lowest BCUT2D eigenvalue weighted by molar-refractivity contribution is 0.0925. The van der Waals surface area contributed by atoms with E-state index in [1.807, 2.05) is 37.3 Å². The van der Waals surface area contributed by atoms with Gasteiger partial charge in [-0.3, -0.25) is 19.9 Å². The number of hydrogen-bond acceptors (Lipinski definition) is 4. The Bertz CT molecular complexity index is 886. The maximum atomic E-state index is 12.7. The molecule has 1 atom stereocenters. The lowest BCUT2D eigenvalue weighted by Gasteiger charge is -2.19. The van der Waals surface area contributed by atoms with E-state index in [0.29, 0.717) is 17.3 Å². The van der Waals surface area contributed by atoms with Crippen LogP contribution >= 0.6 is 0 Å². The molecule has 0 spiro atoms. The number of hydrogen-bond donors (Lipinski definition) is 2. The molecule has 1 saturated carbocycles. The summed E-state index contributed by atoms with van der Waals surface area (Å²) in [7, 11) is 0. The van der Waals surface area contributed by atoms with E-state index in [1.165, 1.54) is 0 Å². The van der Waals surface area contributed by atoms with Gasteiger partial charge in [0.25, 0.3) is 5.91 Å². The number of aryl methyl sites for hydroxylation is 1. The molecule has 25 heavy (non-hydrogen) atoms. The summed E-state index contributed by atoms with van der Waals surface area (Å²) >= 11 is 0. The number of nitrogens with zero attached hydrogens (tertiary/aromatic N) is 3. The Hall–Kier alpha value is -3.02. The summed E-state index contributed by atoms with van der Waals surface area (Å²) < 4.78 is 0. The molecule has 3 aromatic rings. The van der Waals surface area contributed by atoms with Crippen LogP contribution in [0.1, 0.15) is 40.6 Å². The van der Waals surface area contributed by atoms with Gasteiger partial charge < -0.3 is 5.32 Å². The average Bonchev–Trinajstić information content (AvgIpc) is 3.36. The fourth-order valence-electron chi connectivity index (χ4n) is 2.97. The van der Waals surface area contributed by atoms with Gasteiger partial charge in [0.2, 0.25) is 0 Å². The number of carbonyl (C=O) groups is 1. The normalized spacial score (nSPS) is 14.9. The monoisotopic (exact) mass is 333 g/mol. The minimum atomic E-state index is -0.170. The molecule has 0 radical (unpaired) electrons. The highest BCUT2D eigenvalue weighted by Crippen LogP contribution is 2.41. The molecule has 0 bridgehead atoms. The van der Waals surface area contributed by atoms with Crippen molar-refractivity contribution in [2.75, 3.05) is 0 Å². The van der Waals surface area contributed by atoms with E-state index >= 15 is 0 Å². The maximum Gasteiger partial charge on any atom is 0.269 e. The molecule has 3 aromatic heterocycles. The summed E-state index contributed by atoms with van der Waals surface area (Å²) in [5, 5.41) is 10.1. The van der Waals surface area contributed by atoms with Gasteiger partial charge in [-0.25, -0.2) is 0 Å². The van der Waals surface area contributed by atoms with E-state index in [9.17, 15) is 4.79 Å². The Morgan fingerprint density at radius 2 is 2.00 bits per heavy atom. The Balaban J connectivity index is 1.55. The number of rotatable bonds is 5. The molecule has 126 valence electrons. The van der Waals surface area contributed by atoms with Gasteiger partial charge in [0, 0.05) is 12.4 Å². The fraction of sp³-hybridized carbons (Fsp3) is 0.263. The minimum Gasteiger partial charge on any atom is -0.342 e. The highest BCUT2D eigenvalue weighted by Gasteiger charge is 2.35. The van der Waals surface area contributed by atoms with Crippen molar-refractivity contribution in [2.45, 2.75) is 25.8 Å². The predicted octanol–water partition coefficient (Wildman–Crippen LogP) is 3.06. The van der Waals surface area contributed by atoms with Gasteiger partial charge >= 0.3 is 0 Å². The Kier molecular flexibility index (Phi) is 4.01. The van der Waals surface area contributed by atoms with Crippen LogP contribution in [-0.2, 0) is 0 Å². The van der Waals surface area contributed by atoms with Crippen LogP contribution in [0.5, 0.6) is 0 Å². The van der Waals surface area contributed by atoms with Crippen LogP contribution in [0.15, 0.2) is 48.8 Å². The summed E-state index contributed by atoms with van der Waals surface area (Å²) in [6.45, 7) is 2.03. The molecule has 1 aliphatic rings. The van der Waals surface area contributed by atoms with Crippen LogP contribution in [-0.4, -0.2) is 26.1 Å². The third-order valence-electron chi connectivity index (χ3n) is 4.47. The van der Waals surface area contributed by atoms with Crippen LogP contribution in [0.2, 0.25) is 0 Å². The first-order valence-corrected chi connectivity index (χ1v) is 8.41. The van der Waals surface area contributed by atoms with Gasteiger partial charge in [-0.2, -0.15) is 5.10 Å². The van der Waals surface area contributed by atoms with E-state index in [-0.39, 0.29) is 11.9 Å². The van der Waals surface area contributed by atoms with E-state index < -0.39 is 0 Å². The number of aromatic amines is 1. The highest BCUT2D eigenvalue weighted by atomic mass is 16.2. The van der Waals surface area contributed by atoms with Crippen LogP contribution in [0, 0.1) is 12.8 Å². The third kappa shape index (κ3) is 3.28. The first-order valence-electron chi connectivity index (χ1n) is 8.41. The van der Waals surface area contributed by atoms with Gasteiger partial charge in [-0.05, 0) is 55.5 Å². The Morgan fingerprint density at radius 3 is 2.72 bits per heavy atom. The molecule has 0 aromatic carbocycles. The van der Waals surface area contributed by atoms with Gasteiger partial charge in [-0.15, -0.1) is 0 Å². The zero-order chi connectivity index (χ0) is 17.2. The second-order valence-electron chi connectivity index (χ2n) is 6.38. The third-order valence-corrected chi connectivity index (χ3v) is 4.47. The van der Waals surface area contributed by atoms with Crippen LogP contribution in [0.25, 0.3) is 11.4 Å². The van der Waals surface area contributed by atoms with Gasteiger partial charge in [0.05, 0.1) is 17.4 Å². The molecule has 1 aliphatic carbocycles. The maximum absolute atomic E-state index is 12.7. The highest BCUT2D eigenvalue weighted by molar-refractivity contribution is 5.93. The van der Waals surface area contributed by atoms with Gasteiger partial charge in [0.15, 0.2) is 0 Å².